The quantitative estimate of drug-likeness (QED) is 0.623. The Balaban J connectivity index is 2.10. The van der Waals surface area contributed by atoms with Crippen LogP contribution < -0.4 is 19.3 Å². The van der Waals surface area contributed by atoms with E-state index in [0.29, 0.717) is 18.0 Å². The summed E-state index contributed by atoms with van der Waals surface area (Å²) < 4.78 is 31.0. The van der Waals surface area contributed by atoms with Gasteiger partial charge < -0.3 is 15.0 Å². The van der Waals surface area contributed by atoms with E-state index in [1.54, 1.807) is 31.2 Å². The number of hydrogen-bond acceptors (Lipinski definition) is 5. The summed E-state index contributed by atoms with van der Waals surface area (Å²) in [5, 5.41) is 2.84. The lowest BCUT2D eigenvalue weighted by atomic mass is 10.2. The first-order valence-corrected chi connectivity index (χ1v) is 11.8. The van der Waals surface area contributed by atoms with Crippen LogP contribution >= 0.6 is 0 Å². The van der Waals surface area contributed by atoms with Gasteiger partial charge in [-0.1, -0.05) is 12.1 Å². The number of anilines is 2. The zero-order chi connectivity index (χ0) is 22.3. The molecular formula is C22H31N3O4S. The van der Waals surface area contributed by atoms with Crippen LogP contribution in [0.2, 0.25) is 0 Å². The number of nitrogens with one attached hydrogen (secondary N) is 1. The largest absolute Gasteiger partial charge is 0.497 e. The van der Waals surface area contributed by atoms with E-state index in [0.717, 1.165) is 34.9 Å². The van der Waals surface area contributed by atoms with E-state index in [1.165, 1.54) is 7.11 Å². The second-order valence-corrected chi connectivity index (χ2v) is 8.85. The van der Waals surface area contributed by atoms with Crippen molar-refractivity contribution in [3.05, 3.63) is 54.1 Å². The molecule has 1 atom stereocenters. The molecule has 0 heterocycles. The third-order valence-electron chi connectivity index (χ3n) is 4.95. The van der Waals surface area contributed by atoms with Crippen molar-refractivity contribution < 1.29 is 17.9 Å². The molecule has 0 fully saturated rings. The standard InChI is InChI=1S/C22H31N3O4S/c1-6-24(7-2)19-10-8-18(9-11-19)16-23-22(26)17(3)25(30(5,27)28)20-12-14-21(29-4)15-13-20/h8-15,17H,6-7,16H2,1-5H3,(H,23,26)/t17-/m1/s1. The zero-order valence-corrected chi connectivity index (χ0v) is 19.1. The second-order valence-electron chi connectivity index (χ2n) is 6.99. The molecule has 0 spiro atoms. The maximum Gasteiger partial charge on any atom is 0.243 e. The van der Waals surface area contributed by atoms with Crippen LogP contribution in [0.3, 0.4) is 0 Å². The van der Waals surface area contributed by atoms with Gasteiger partial charge in [0.1, 0.15) is 11.8 Å². The lowest BCUT2D eigenvalue weighted by Gasteiger charge is -2.28. The number of benzene rings is 2. The van der Waals surface area contributed by atoms with Crippen molar-refractivity contribution in [1.29, 1.82) is 0 Å². The summed E-state index contributed by atoms with van der Waals surface area (Å²) in [7, 11) is -2.12. The van der Waals surface area contributed by atoms with Gasteiger partial charge in [0, 0.05) is 25.3 Å². The van der Waals surface area contributed by atoms with Crippen molar-refractivity contribution >= 4 is 27.3 Å². The third-order valence-corrected chi connectivity index (χ3v) is 6.19. The van der Waals surface area contributed by atoms with Gasteiger partial charge in [-0.05, 0) is 62.7 Å². The summed E-state index contributed by atoms with van der Waals surface area (Å²) in [6.45, 7) is 7.96. The molecule has 0 saturated heterocycles. The predicted molar refractivity (Wildman–Crippen MR) is 122 cm³/mol. The fourth-order valence-corrected chi connectivity index (χ4v) is 4.46. The number of sulfonamides is 1. The van der Waals surface area contributed by atoms with Gasteiger partial charge in [-0.3, -0.25) is 9.10 Å². The first-order valence-electron chi connectivity index (χ1n) is 9.96. The highest BCUT2D eigenvalue weighted by Gasteiger charge is 2.29. The lowest BCUT2D eigenvalue weighted by Crippen LogP contribution is -2.47. The minimum Gasteiger partial charge on any atom is -0.497 e. The molecule has 0 aromatic heterocycles. The average molecular weight is 434 g/mol. The molecule has 0 aliphatic rings. The molecular weight excluding hydrogens is 402 g/mol. The maximum absolute atomic E-state index is 12.7. The van der Waals surface area contributed by atoms with E-state index in [4.69, 9.17) is 4.74 Å². The maximum atomic E-state index is 12.7. The van der Waals surface area contributed by atoms with Gasteiger partial charge in [-0.2, -0.15) is 0 Å². The molecule has 164 valence electrons. The highest BCUT2D eigenvalue weighted by molar-refractivity contribution is 7.92. The van der Waals surface area contributed by atoms with E-state index in [9.17, 15) is 13.2 Å². The molecule has 0 saturated carbocycles. The SMILES string of the molecule is CCN(CC)c1ccc(CNC(=O)[C@@H](C)N(c2ccc(OC)cc2)S(C)(=O)=O)cc1. The Morgan fingerprint density at radius 1 is 1.00 bits per heavy atom. The number of amides is 1. The monoisotopic (exact) mass is 433 g/mol. The first kappa shape index (κ1) is 23.5. The Labute approximate surface area is 179 Å². The predicted octanol–water partition coefficient (Wildman–Crippen LogP) is 3.01. The Kier molecular flexibility index (Phi) is 8.11. The Hall–Kier alpha value is -2.74. The molecule has 2 aromatic rings. The summed E-state index contributed by atoms with van der Waals surface area (Å²) in [6, 6.07) is 13.7. The van der Waals surface area contributed by atoms with Crippen molar-refractivity contribution in [2.24, 2.45) is 0 Å². The van der Waals surface area contributed by atoms with Crippen LogP contribution in [0.1, 0.15) is 26.3 Å². The molecule has 0 aliphatic carbocycles. The third kappa shape index (κ3) is 5.89. The van der Waals surface area contributed by atoms with Crippen LogP contribution in [-0.4, -0.2) is 46.8 Å². The smallest absolute Gasteiger partial charge is 0.243 e. The van der Waals surface area contributed by atoms with Crippen LogP contribution in [-0.2, 0) is 21.4 Å². The van der Waals surface area contributed by atoms with E-state index in [-0.39, 0.29) is 5.91 Å². The molecule has 1 amide bonds. The van der Waals surface area contributed by atoms with Crippen LogP contribution in [0.15, 0.2) is 48.5 Å². The number of ether oxygens (including phenoxy) is 1. The van der Waals surface area contributed by atoms with Gasteiger partial charge in [0.2, 0.25) is 15.9 Å². The van der Waals surface area contributed by atoms with Crippen LogP contribution in [0.4, 0.5) is 11.4 Å². The highest BCUT2D eigenvalue weighted by Crippen LogP contribution is 2.24. The lowest BCUT2D eigenvalue weighted by molar-refractivity contribution is -0.122. The number of nitrogens with zero attached hydrogens (tertiary/aromatic N) is 2. The van der Waals surface area contributed by atoms with Crippen LogP contribution in [0.5, 0.6) is 5.75 Å². The zero-order valence-electron chi connectivity index (χ0n) is 18.3. The minimum absolute atomic E-state index is 0.321. The van der Waals surface area contributed by atoms with E-state index in [1.807, 2.05) is 24.3 Å². The molecule has 0 unspecified atom stereocenters. The topological polar surface area (TPSA) is 79.0 Å². The molecule has 30 heavy (non-hydrogen) atoms. The van der Waals surface area contributed by atoms with Crippen molar-refractivity contribution in [2.45, 2.75) is 33.4 Å². The number of carbonyl (C=O) groups is 1. The van der Waals surface area contributed by atoms with Crippen molar-refractivity contribution in [1.82, 2.24) is 5.32 Å². The molecule has 0 radical (unpaired) electrons. The number of methoxy groups -OCH3 is 1. The van der Waals surface area contributed by atoms with Gasteiger partial charge in [-0.25, -0.2) is 8.42 Å². The summed E-state index contributed by atoms with van der Waals surface area (Å²) >= 11 is 0. The number of rotatable bonds is 10. The van der Waals surface area contributed by atoms with Gasteiger partial charge >= 0.3 is 0 Å². The highest BCUT2D eigenvalue weighted by atomic mass is 32.2. The Bertz CT molecular complexity index is 924. The molecule has 1 N–H and O–H groups in total. The first-order chi connectivity index (χ1) is 14.2. The van der Waals surface area contributed by atoms with Crippen molar-refractivity contribution in [2.75, 3.05) is 35.7 Å². The summed E-state index contributed by atoms with van der Waals surface area (Å²) in [5.74, 6) is 0.238. The second kappa shape index (κ2) is 10.3. The molecule has 2 aromatic carbocycles. The van der Waals surface area contributed by atoms with Gasteiger partial charge in [0.15, 0.2) is 0 Å². The number of carbonyl (C=O) groups excluding carboxylic acids is 1. The molecule has 8 heteroatoms. The molecule has 0 bridgehead atoms. The number of hydrogen-bond donors (Lipinski definition) is 1. The van der Waals surface area contributed by atoms with Crippen LogP contribution in [0, 0.1) is 0 Å². The fourth-order valence-electron chi connectivity index (χ4n) is 3.29. The molecule has 0 aliphatic heterocycles. The van der Waals surface area contributed by atoms with Gasteiger partial charge in [-0.15, -0.1) is 0 Å². The molecule has 2 rings (SSSR count). The Morgan fingerprint density at radius 2 is 1.53 bits per heavy atom. The fraction of sp³-hybridized carbons (Fsp3) is 0.409. The minimum atomic E-state index is -3.66. The Morgan fingerprint density at radius 3 is 2.00 bits per heavy atom. The van der Waals surface area contributed by atoms with Gasteiger partial charge in [0.05, 0.1) is 19.1 Å². The van der Waals surface area contributed by atoms with E-state index < -0.39 is 16.1 Å². The van der Waals surface area contributed by atoms with Crippen molar-refractivity contribution in [3.63, 3.8) is 0 Å². The average Bonchev–Trinajstić information content (AvgIpc) is 2.73. The van der Waals surface area contributed by atoms with E-state index in [2.05, 4.69) is 24.1 Å². The summed E-state index contributed by atoms with van der Waals surface area (Å²) in [6.07, 6.45) is 1.09. The molecule has 7 nitrogen and oxygen atoms in total. The summed E-state index contributed by atoms with van der Waals surface area (Å²) in [5.41, 5.74) is 2.48. The van der Waals surface area contributed by atoms with Gasteiger partial charge in [0.25, 0.3) is 0 Å². The van der Waals surface area contributed by atoms with E-state index >= 15 is 0 Å². The van der Waals surface area contributed by atoms with Crippen molar-refractivity contribution in [3.8, 4) is 5.75 Å². The normalized spacial score (nSPS) is 12.2. The van der Waals surface area contributed by atoms with Crippen LogP contribution in [0.25, 0.3) is 0 Å². The summed E-state index contributed by atoms with van der Waals surface area (Å²) in [4.78, 5) is 15.0.